The van der Waals surface area contributed by atoms with Crippen LogP contribution in [0.15, 0.2) is 35.7 Å². The molecule has 4 nitrogen and oxygen atoms in total. The zero-order chi connectivity index (χ0) is 16.5. The summed E-state index contributed by atoms with van der Waals surface area (Å²) in [5.74, 6) is 0.849. The Morgan fingerprint density at radius 3 is 3.04 bits per heavy atom. The second kappa shape index (κ2) is 6.57. The molecule has 2 aromatic rings. The maximum absolute atomic E-state index is 12.3. The van der Waals surface area contributed by atoms with Crippen molar-refractivity contribution in [2.24, 2.45) is 0 Å². The highest BCUT2D eigenvalue weighted by molar-refractivity contribution is 7.10. The summed E-state index contributed by atoms with van der Waals surface area (Å²) in [4.78, 5) is 18.2. The smallest absolute Gasteiger partial charge is 0.260 e. The van der Waals surface area contributed by atoms with Gasteiger partial charge in [-0.15, -0.1) is 11.3 Å². The van der Waals surface area contributed by atoms with Crippen molar-refractivity contribution >= 4 is 17.2 Å². The Kier molecular flexibility index (Phi) is 4.29. The fraction of sp³-hybridized carbons (Fsp3) is 0.421. The standard InChI is InChI=1S/C19H22N2O2S/c1-14-3-2-4-17(9-14)23-13-19(22)21-11-16(12-21)20-7-5-18-15(10-20)6-8-24-18/h2-4,6,8-9,16H,5,7,10-13H2,1H3. The minimum atomic E-state index is 0.0842. The summed E-state index contributed by atoms with van der Waals surface area (Å²) in [5.41, 5.74) is 2.61. The lowest BCUT2D eigenvalue weighted by atomic mass is 10.0. The van der Waals surface area contributed by atoms with Crippen molar-refractivity contribution in [1.29, 1.82) is 0 Å². The van der Waals surface area contributed by atoms with Crippen LogP contribution in [0.3, 0.4) is 0 Å². The Hall–Kier alpha value is -1.85. The van der Waals surface area contributed by atoms with Crippen molar-refractivity contribution in [3.8, 4) is 5.75 Å². The molecular weight excluding hydrogens is 320 g/mol. The summed E-state index contributed by atoms with van der Waals surface area (Å²) in [6, 6.07) is 10.6. The van der Waals surface area contributed by atoms with E-state index < -0.39 is 0 Å². The second-order valence-electron chi connectivity index (χ2n) is 6.65. The second-order valence-corrected chi connectivity index (χ2v) is 7.65. The molecule has 1 amide bonds. The van der Waals surface area contributed by atoms with Gasteiger partial charge in [-0.25, -0.2) is 0 Å². The lowest BCUT2D eigenvalue weighted by molar-refractivity contribution is -0.141. The molecule has 0 atom stereocenters. The minimum absolute atomic E-state index is 0.0842. The van der Waals surface area contributed by atoms with E-state index in [1.54, 1.807) is 0 Å². The molecule has 3 heterocycles. The number of carbonyl (C=O) groups excluding carboxylic acids is 1. The van der Waals surface area contributed by atoms with Crippen LogP contribution in [0.2, 0.25) is 0 Å². The molecule has 0 N–H and O–H groups in total. The number of fused-ring (bicyclic) bond motifs is 1. The number of amides is 1. The van der Waals surface area contributed by atoms with E-state index in [4.69, 9.17) is 4.74 Å². The molecule has 0 radical (unpaired) electrons. The van der Waals surface area contributed by atoms with Crippen LogP contribution in [0, 0.1) is 6.92 Å². The molecule has 0 spiro atoms. The Labute approximate surface area is 146 Å². The van der Waals surface area contributed by atoms with Gasteiger partial charge >= 0.3 is 0 Å². The van der Waals surface area contributed by atoms with Crippen molar-refractivity contribution in [2.75, 3.05) is 26.2 Å². The molecule has 1 aromatic carbocycles. The Bertz CT molecular complexity index is 736. The van der Waals surface area contributed by atoms with E-state index in [9.17, 15) is 4.79 Å². The third-order valence-electron chi connectivity index (χ3n) is 4.92. The van der Waals surface area contributed by atoms with Gasteiger partial charge in [-0.3, -0.25) is 9.69 Å². The summed E-state index contributed by atoms with van der Waals surface area (Å²) in [7, 11) is 0. The molecule has 126 valence electrons. The van der Waals surface area contributed by atoms with Crippen LogP contribution in [-0.4, -0.2) is 48.0 Å². The van der Waals surface area contributed by atoms with E-state index in [0.717, 1.165) is 43.9 Å². The summed E-state index contributed by atoms with van der Waals surface area (Å²) in [6.07, 6.45) is 1.15. The number of carbonyl (C=O) groups is 1. The van der Waals surface area contributed by atoms with E-state index in [0.29, 0.717) is 6.04 Å². The summed E-state index contributed by atoms with van der Waals surface area (Å²) < 4.78 is 5.62. The normalized spacial score (nSPS) is 18.1. The molecule has 1 saturated heterocycles. The molecule has 2 aliphatic heterocycles. The van der Waals surface area contributed by atoms with Crippen molar-refractivity contribution in [1.82, 2.24) is 9.80 Å². The molecule has 24 heavy (non-hydrogen) atoms. The van der Waals surface area contributed by atoms with E-state index in [1.807, 2.05) is 47.4 Å². The van der Waals surface area contributed by atoms with Gasteiger partial charge in [-0.05, 0) is 48.1 Å². The molecule has 5 heteroatoms. The number of ether oxygens (including phenoxy) is 1. The van der Waals surface area contributed by atoms with Crippen molar-refractivity contribution in [3.05, 3.63) is 51.7 Å². The van der Waals surface area contributed by atoms with Crippen LogP contribution in [0.1, 0.15) is 16.0 Å². The number of rotatable bonds is 4. The number of hydrogen-bond acceptors (Lipinski definition) is 4. The average molecular weight is 342 g/mol. The van der Waals surface area contributed by atoms with Gasteiger partial charge in [0.25, 0.3) is 5.91 Å². The molecule has 0 unspecified atom stereocenters. The van der Waals surface area contributed by atoms with E-state index in [-0.39, 0.29) is 12.5 Å². The van der Waals surface area contributed by atoms with Crippen LogP contribution in [0.25, 0.3) is 0 Å². The average Bonchev–Trinajstić information content (AvgIpc) is 2.99. The topological polar surface area (TPSA) is 32.8 Å². The predicted octanol–water partition coefficient (Wildman–Crippen LogP) is 2.70. The van der Waals surface area contributed by atoms with Crippen LogP contribution in [0.4, 0.5) is 0 Å². The first kappa shape index (κ1) is 15.7. The first-order valence-electron chi connectivity index (χ1n) is 8.45. The monoisotopic (exact) mass is 342 g/mol. The summed E-state index contributed by atoms with van der Waals surface area (Å²) in [6.45, 7) is 5.95. The molecule has 4 rings (SSSR count). The fourth-order valence-corrected chi connectivity index (χ4v) is 4.30. The largest absolute Gasteiger partial charge is 0.484 e. The highest BCUT2D eigenvalue weighted by Gasteiger charge is 2.36. The molecule has 0 aliphatic carbocycles. The SMILES string of the molecule is Cc1cccc(OCC(=O)N2CC(N3CCc4sccc4C3)C2)c1. The van der Waals surface area contributed by atoms with E-state index in [1.165, 1.54) is 10.4 Å². The van der Waals surface area contributed by atoms with Crippen molar-refractivity contribution in [2.45, 2.75) is 25.9 Å². The van der Waals surface area contributed by atoms with Gasteiger partial charge < -0.3 is 9.64 Å². The summed E-state index contributed by atoms with van der Waals surface area (Å²) in [5, 5.41) is 2.19. The lowest BCUT2D eigenvalue weighted by Gasteiger charge is -2.46. The first-order valence-corrected chi connectivity index (χ1v) is 9.33. The van der Waals surface area contributed by atoms with Crippen LogP contribution in [0.5, 0.6) is 5.75 Å². The Morgan fingerprint density at radius 2 is 2.21 bits per heavy atom. The zero-order valence-corrected chi connectivity index (χ0v) is 14.7. The van der Waals surface area contributed by atoms with Crippen LogP contribution < -0.4 is 4.74 Å². The van der Waals surface area contributed by atoms with Gasteiger partial charge in [0.1, 0.15) is 5.75 Å². The molecule has 2 aliphatic rings. The fourth-order valence-electron chi connectivity index (χ4n) is 3.41. The quantitative estimate of drug-likeness (QED) is 0.856. The molecule has 1 fully saturated rings. The van der Waals surface area contributed by atoms with E-state index >= 15 is 0 Å². The van der Waals surface area contributed by atoms with Gasteiger partial charge in [0.05, 0.1) is 0 Å². The Balaban J connectivity index is 1.25. The van der Waals surface area contributed by atoms with Crippen molar-refractivity contribution in [3.63, 3.8) is 0 Å². The zero-order valence-electron chi connectivity index (χ0n) is 13.9. The van der Waals surface area contributed by atoms with Gasteiger partial charge in [-0.2, -0.15) is 0 Å². The van der Waals surface area contributed by atoms with Gasteiger partial charge in [0, 0.05) is 37.1 Å². The lowest BCUT2D eigenvalue weighted by Crippen LogP contribution is -2.62. The number of nitrogens with zero attached hydrogens (tertiary/aromatic N) is 2. The van der Waals surface area contributed by atoms with Crippen molar-refractivity contribution < 1.29 is 9.53 Å². The third-order valence-corrected chi connectivity index (χ3v) is 5.94. The van der Waals surface area contributed by atoms with Crippen LogP contribution in [-0.2, 0) is 17.8 Å². The van der Waals surface area contributed by atoms with Crippen LogP contribution >= 0.6 is 11.3 Å². The minimum Gasteiger partial charge on any atom is -0.484 e. The van der Waals surface area contributed by atoms with Gasteiger partial charge in [-0.1, -0.05) is 12.1 Å². The Morgan fingerprint density at radius 1 is 1.33 bits per heavy atom. The molecule has 0 saturated carbocycles. The van der Waals surface area contributed by atoms with Gasteiger partial charge in [0.2, 0.25) is 0 Å². The predicted molar refractivity (Wildman–Crippen MR) is 95.5 cm³/mol. The number of aryl methyl sites for hydroxylation is 1. The molecular formula is C19H22N2O2S. The summed E-state index contributed by atoms with van der Waals surface area (Å²) >= 11 is 1.87. The first-order chi connectivity index (χ1) is 11.7. The highest BCUT2D eigenvalue weighted by Crippen LogP contribution is 2.27. The maximum Gasteiger partial charge on any atom is 0.260 e. The third kappa shape index (κ3) is 3.19. The highest BCUT2D eigenvalue weighted by atomic mass is 32.1. The van der Waals surface area contributed by atoms with Gasteiger partial charge in [0.15, 0.2) is 6.61 Å². The number of benzene rings is 1. The number of thiophene rings is 1. The molecule has 0 bridgehead atoms. The number of likely N-dealkylation sites (tertiary alicyclic amines) is 1. The number of hydrogen-bond donors (Lipinski definition) is 0. The van der Waals surface area contributed by atoms with E-state index in [2.05, 4.69) is 16.3 Å². The maximum atomic E-state index is 12.3. The molecule has 1 aromatic heterocycles.